The van der Waals surface area contributed by atoms with Gasteiger partial charge in [0.05, 0.1) is 0 Å². The van der Waals surface area contributed by atoms with Gasteiger partial charge < -0.3 is 5.32 Å². The Morgan fingerprint density at radius 3 is 2.21 bits per heavy atom. The van der Waals surface area contributed by atoms with Crippen LogP contribution in [0.4, 0.5) is 0 Å². The van der Waals surface area contributed by atoms with Crippen molar-refractivity contribution < 1.29 is 0 Å². The molecular weight excluding hydrogens is 230 g/mol. The van der Waals surface area contributed by atoms with Gasteiger partial charge >= 0.3 is 0 Å². The van der Waals surface area contributed by atoms with Crippen LogP contribution in [0.25, 0.3) is 11.1 Å². The monoisotopic (exact) mass is 253 g/mol. The van der Waals surface area contributed by atoms with E-state index in [1.165, 1.54) is 27.8 Å². The number of benzene rings is 2. The number of hydrogen-bond donors (Lipinski definition) is 1. The second kappa shape index (κ2) is 6.03. The first-order valence-corrected chi connectivity index (χ1v) is 6.96. The van der Waals surface area contributed by atoms with Crippen molar-refractivity contribution in [3.05, 3.63) is 59.2 Å². The molecule has 0 amide bonds. The Morgan fingerprint density at radius 2 is 1.68 bits per heavy atom. The molecular formula is C18H23N. The number of aryl methyl sites for hydroxylation is 1. The molecule has 0 atom stereocenters. The largest absolute Gasteiger partial charge is 0.316 e. The van der Waals surface area contributed by atoms with Crippen LogP contribution in [0, 0.1) is 6.92 Å². The lowest BCUT2D eigenvalue weighted by atomic mass is 9.95. The van der Waals surface area contributed by atoms with Crippen LogP contribution in [-0.4, -0.2) is 7.05 Å². The molecule has 0 saturated heterocycles. The first kappa shape index (κ1) is 13.8. The molecule has 0 heterocycles. The molecule has 0 unspecified atom stereocenters. The van der Waals surface area contributed by atoms with Gasteiger partial charge in [-0.2, -0.15) is 0 Å². The molecule has 0 aliphatic heterocycles. The first-order valence-electron chi connectivity index (χ1n) is 6.96. The van der Waals surface area contributed by atoms with Gasteiger partial charge in [-0.25, -0.2) is 0 Å². The van der Waals surface area contributed by atoms with Crippen molar-refractivity contribution in [1.29, 1.82) is 0 Å². The van der Waals surface area contributed by atoms with Crippen molar-refractivity contribution in [2.75, 3.05) is 7.05 Å². The maximum atomic E-state index is 3.19. The molecule has 2 aromatic rings. The standard InChI is InChI=1S/C18H23N/c1-13(2)16-6-8-17(9-7-16)18-10-5-15(12-19-4)11-14(18)3/h5-11,13,19H,12H2,1-4H3. The van der Waals surface area contributed by atoms with E-state index in [0.717, 1.165) is 6.54 Å². The third kappa shape index (κ3) is 3.24. The van der Waals surface area contributed by atoms with Gasteiger partial charge in [0.2, 0.25) is 0 Å². The summed E-state index contributed by atoms with van der Waals surface area (Å²) in [5, 5.41) is 3.19. The van der Waals surface area contributed by atoms with Crippen molar-refractivity contribution in [3.8, 4) is 11.1 Å². The number of hydrogen-bond acceptors (Lipinski definition) is 1. The van der Waals surface area contributed by atoms with Crippen molar-refractivity contribution in [3.63, 3.8) is 0 Å². The summed E-state index contributed by atoms with van der Waals surface area (Å²) in [5.41, 5.74) is 6.70. The minimum atomic E-state index is 0.591. The number of nitrogens with one attached hydrogen (secondary N) is 1. The Labute approximate surface area is 116 Å². The van der Waals surface area contributed by atoms with Gasteiger partial charge in [-0.05, 0) is 47.7 Å². The van der Waals surface area contributed by atoms with E-state index < -0.39 is 0 Å². The van der Waals surface area contributed by atoms with E-state index in [9.17, 15) is 0 Å². The van der Waals surface area contributed by atoms with Crippen LogP contribution in [0.1, 0.15) is 36.5 Å². The third-order valence-electron chi connectivity index (χ3n) is 3.56. The van der Waals surface area contributed by atoms with Gasteiger partial charge in [0, 0.05) is 6.54 Å². The summed E-state index contributed by atoms with van der Waals surface area (Å²) >= 11 is 0. The highest BCUT2D eigenvalue weighted by atomic mass is 14.8. The summed E-state index contributed by atoms with van der Waals surface area (Å²) in [6.07, 6.45) is 0. The molecule has 1 N–H and O–H groups in total. The molecule has 19 heavy (non-hydrogen) atoms. The summed E-state index contributed by atoms with van der Waals surface area (Å²) in [7, 11) is 1.98. The average Bonchev–Trinajstić information content (AvgIpc) is 2.39. The Kier molecular flexibility index (Phi) is 4.39. The fraction of sp³-hybridized carbons (Fsp3) is 0.333. The minimum Gasteiger partial charge on any atom is -0.316 e. The Balaban J connectivity index is 2.31. The Hall–Kier alpha value is -1.60. The van der Waals surface area contributed by atoms with Crippen LogP contribution in [-0.2, 0) is 6.54 Å². The zero-order valence-electron chi connectivity index (χ0n) is 12.3. The molecule has 0 aromatic heterocycles. The lowest BCUT2D eigenvalue weighted by Gasteiger charge is -2.11. The zero-order valence-corrected chi connectivity index (χ0v) is 12.3. The van der Waals surface area contributed by atoms with Crippen molar-refractivity contribution in [2.45, 2.75) is 33.2 Å². The predicted molar refractivity (Wildman–Crippen MR) is 83.5 cm³/mol. The lowest BCUT2D eigenvalue weighted by molar-refractivity contribution is 0.817. The van der Waals surface area contributed by atoms with Gasteiger partial charge in [0.25, 0.3) is 0 Å². The topological polar surface area (TPSA) is 12.0 Å². The first-order chi connectivity index (χ1) is 9.11. The third-order valence-corrected chi connectivity index (χ3v) is 3.56. The summed E-state index contributed by atoms with van der Waals surface area (Å²) in [6, 6.07) is 15.6. The van der Waals surface area contributed by atoms with Crippen LogP contribution < -0.4 is 5.32 Å². The highest BCUT2D eigenvalue weighted by Gasteiger charge is 2.04. The van der Waals surface area contributed by atoms with Gasteiger partial charge in [0.15, 0.2) is 0 Å². The summed E-state index contributed by atoms with van der Waals surface area (Å²) < 4.78 is 0. The van der Waals surface area contributed by atoms with Gasteiger partial charge in [-0.1, -0.05) is 56.3 Å². The molecule has 2 rings (SSSR count). The van der Waals surface area contributed by atoms with E-state index in [1.54, 1.807) is 0 Å². The normalized spacial score (nSPS) is 11.0. The summed E-state index contributed by atoms with van der Waals surface area (Å²) in [5.74, 6) is 0.591. The number of rotatable bonds is 4. The molecule has 0 spiro atoms. The highest BCUT2D eigenvalue weighted by Crippen LogP contribution is 2.26. The molecule has 0 saturated carbocycles. The van der Waals surface area contributed by atoms with E-state index in [1.807, 2.05) is 7.05 Å². The van der Waals surface area contributed by atoms with Crippen LogP contribution in [0.3, 0.4) is 0 Å². The average molecular weight is 253 g/mol. The smallest absolute Gasteiger partial charge is 0.0202 e. The maximum Gasteiger partial charge on any atom is 0.0202 e. The molecule has 0 radical (unpaired) electrons. The van der Waals surface area contributed by atoms with E-state index in [-0.39, 0.29) is 0 Å². The SMILES string of the molecule is CNCc1ccc(-c2ccc(C(C)C)cc2)c(C)c1. The van der Waals surface area contributed by atoms with Crippen LogP contribution in [0.2, 0.25) is 0 Å². The molecule has 0 aliphatic rings. The van der Waals surface area contributed by atoms with Gasteiger partial charge in [-0.3, -0.25) is 0 Å². The second-order valence-corrected chi connectivity index (χ2v) is 5.46. The Bertz CT molecular complexity index is 538. The molecule has 2 aromatic carbocycles. The molecule has 0 bridgehead atoms. The van der Waals surface area contributed by atoms with E-state index >= 15 is 0 Å². The zero-order chi connectivity index (χ0) is 13.8. The van der Waals surface area contributed by atoms with Gasteiger partial charge in [0.1, 0.15) is 0 Å². The molecule has 0 fully saturated rings. The Morgan fingerprint density at radius 1 is 1.00 bits per heavy atom. The minimum absolute atomic E-state index is 0.591. The second-order valence-electron chi connectivity index (χ2n) is 5.46. The van der Waals surface area contributed by atoms with Crippen molar-refractivity contribution in [1.82, 2.24) is 5.32 Å². The van der Waals surface area contributed by atoms with E-state index in [2.05, 4.69) is 68.6 Å². The quantitative estimate of drug-likeness (QED) is 0.845. The van der Waals surface area contributed by atoms with Crippen molar-refractivity contribution in [2.24, 2.45) is 0 Å². The summed E-state index contributed by atoms with van der Waals surface area (Å²) in [6.45, 7) is 7.57. The van der Waals surface area contributed by atoms with E-state index in [0.29, 0.717) is 5.92 Å². The molecule has 100 valence electrons. The predicted octanol–water partition coefficient (Wildman–Crippen LogP) is 4.50. The van der Waals surface area contributed by atoms with Crippen LogP contribution >= 0.6 is 0 Å². The highest BCUT2D eigenvalue weighted by molar-refractivity contribution is 5.67. The van der Waals surface area contributed by atoms with Crippen LogP contribution in [0.15, 0.2) is 42.5 Å². The molecule has 1 nitrogen and oxygen atoms in total. The fourth-order valence-corrected chi connectivity index (χ4v) is 2.41. The van der Waals surface area contributed by atoms with Crippen LogP contribution in [0.5, 0.6) is 0 Å². The summed E-state index contributed by atoms with van der Waals surface area (Å²) in [4.78, 5) is 0. The lowest BCUT2D eigenvalue weighted by Crippen LogP contribution is -2.05. The van der Waals surface area contributed by atoms with Gasteiger partial charge in [-0.15, -0.1) is 0 Å². The van der Waals surface area contributed by atoms with E-state index in [4.69, 9.17) is 0 Å². The molecule has 0 aliphatic carbocycles. The molecule has 1 heteroatoms. The maximum absolute atomic E-state index is 3.19. The fourth-order valence-electron chi connectivity index (χ4n) is 2.41. The van der Waals surface area contributed by atoms with Crippen molar-refractivity contribution >= 4 is 0 Å².